The van der Waals surface area contributed by atoms with E-state index in [4.69, 9.17) is 5.11 Å². The summed E-state index contributed by atoms with van der Waals surface area (Å²) < 4.78 is 8.65. The molecular weight excluding hydrogens is 138 g/mol. The van der Waals surface area contributed by atoms with E-state index >= 15 is 0 Å². The molecule has 1 aromatic rings. The number of aryl methyl sites for hydroxylation is 1. The van der Waals surface area contributed by atoms with E-state index in [0.717, 1.165) is 6.26 Å². The SMILES string of the molecule is Cc1nocc1OC(=O)O. The van der Waals surface area contributed by atoms with Crippen LogP contribution in [0.15, 0.2) is 10.8 Å². The first-order valence-corrected chi connectivity index (χ1v) is 2.52. The number of hydrogen-bond acceptors (Lipinski definition) is 4. The summed E-state index contributed by atoms with van der Waals surface area (Å²) in [5, 5.41) is 11.5. The first kappa shape index (κ1) is 6.60. The highest BCUT2D eigenvalue weighted by Gasteiger charge is 2.06. The van der Waals surface area contributed by atoms with Gasteiger partial charge in [-0.15, -0.1) is 0 Å². The molecule has 0 amide bonds. The lowest BCUT2D eigenvalue weighted by molar-refractivity contribution is 0.144. The second-order valence-corrected chi connectivity index (χ2v) is 1.63. The molecule has 5 heteroatoms. The third-order valence-electron chi connectivity index (χ3n) is 0.903. The molecule has 0 aliphatic heterocycles. The highest BCUT2D eigenvalue weighted by atomic mass is 16.7. The van der Waals surface area contributed by atoms with Crippen LogP contribution in [0.3, 0.4) is 0 Å². The smallest absolute Gasteiger partial charge is 0.449 e. The van der Waals surface area contributed by atoms with Crippen LogP contribution in [0.2, 0.25) is 0 Å². The molecule has 0 saturated carbocycles. The van der Waals surface area contributed by atoms with Gasteiger partial charge in [-0.2, -0.15) is 0 Å². The van der Waals surface area contributed by atoms with Crippen molar-refractivity contribution in [2.75, 3.05) is 0 Å². The molecule has 1 heterocycles. The number of nitrogens with zero attached hydrogens (tertiary/aromatic N) is 1. The van der Waals surface area contributed by atoms with Gasteiger partial charge in [0.05, 0.1) is 0 Å². The second kappa shape index (κ2) is 2.38. The Morgan fingerprint density at radius 3 is 3.00 bits per heavy atom. The Bertz CT molecular complexity index is 242. The molecule has 0 aliphatic carbocycles. The van der Waals surface area contributed by atoms with Gasteiger partial charge in [0.1, 0.15) is 5.69 Å². The third-order valence-corrected chi connectivity index (χ3v) is 0.903. The number of aromatic nitrogens is 1. The predicted octanol–water partition coefficient (Wildman–Crippen LogP) is 1.04. The zero-order valence-electron chi connectivity index (χ0n) is 5.20. The Labute approximate surface area is 56.2 Å². The molecule has 0 radical (unpaired) electrons. The average Bonchev–Trinajstić information content (AvgIpc) is 2.15. The van der Waals surface area contributed by atoms with Crippen molar-refractivity contribution in [3.05, 3.63) is 12.0 Å². The molecule has 0 atom stereocenters. The van der Waals surface area contributed by atoms with Gasteiger partial charge in [-0.25, -0.2) is 4.79 Å². The number of carbonyl (C=O) groups is 1. The normalized spacial score (nSPS) is 9.30. The van der Waals surface area contributed by atoms with E-state index in [1.807, 2.05) is 0 Å². The van der Waals surface area contributed by atoms with Crippen molar-refractivity contribution in [1.29, 1.82) is 0 Å². The van der Waals surface area contributed by atoms with Crippen LogP contribution in [-0.2, 0) is 0 Å². The molecule has 1 N–H and O–H groups in total. The Kier molecular flexibility index (Phi) is 1.57. The van der Waals surface area contributed by atoms with Gasteiger partial charge >= 0.3 is 6.16 Å². The molecule has 10 heavy (non-hydrogen) atoms. The van der Waals surface area contributed by atoms with Crippen molar-refractivity contribution in [2.45, 2.75) is 6.92 Å². The molecule has 54 valence electrons. The van der Waals surface area contributed by atoms with Crippen LogP contribution in [0.1, 0.15) is 5.69 Å². The maximum Gasteiger partial charge on any atom is 0.511 e. The standard InChI is InChI=1S/C5H5NO4/c1-3-4(2-9-6-3)10-5(7)8/h2H,1H3,(H,7,8). The average molecular weight is 143 g/mol. The van der Waals surface area contributed by atoms with Gasteiger partial charge in [0, 0.05) is 0 Å². The minimum absolute atomic E-state index is 0.132. The van der Waals surface area contributed by atoms with Crippen LogP contribution in [-0.4, -0.2) is 16.4 Å². The van der Waals surface area contributed by atoms with Crippen molar-refractivity contribution < 1.29 is 19.2 Å². The van der Waals surface area contributed by atoms with Crippen molar-refractivity contribution >= 4 is 6.16 Å². The summed E-state index contributed by atoms with van der Waals surface area (Å²) in [5.41, 5.74) is 0.419. The molecule has 5 nitrogen and oxygen atoms in total. The first-order chi connectivity index (χ1) is 4.70. The predicted molar refractivity (Wildman–Crippen MR) is 29.9 cm³/mol. The van der Waals surface area contributed by atoms with Crippen LogP contribution in [0.25, 0.3) is 0 Å². The van der Waals surface area contributed by atoms with Gasteiger partial charge in [0.2, 0.25) is 0 Å². The highest BCUT2D eigenvalue weighted by molar-refractivity contribution is 5.61. The summed E-state index contributed by atoms with van der Waals surface area (Å²) in [7, 11) is 0. The van der Waals surface area contributed by atoms with E-state index in [9.17, 15) is 4.79 Å². The van der Waals surface area contributed by atoms with E-state index in [0.29, 0.717) is 5.69 Å². The molecule has 0 aliphatic rings. The quantitative estimate of drug-likeness (QED) is 0.594. The third kappa shape index (κ3) is 1.25. The lowest BCUT2D eigenvalue weighted by Gasteiger charge is -1.91. The monoisotopic (exact) mass is 143 g/mol. The molecule has 0 bridgehead atoms. The summed E-state index contributed by atoms with van der Waals surface area (Å²) in [5.74, 6) is 0.132. The minimum Gasteiger partial charge on any atom is -0.449 e. The van der Waals surface area contributed by atoms with Crippen LogP contribution in [0.4, 0.5) is 4.79 Å². The van der Waals surface area contributed by atoms with Crippen LogP contribution < -0.4 is 4.74 Å². The topological polar surface area (TPSA) is 72.6 Å². The fraction of sp³-hybridized carbons (Fsp3) is 0.200. The molecular formula is C5H5NO4. The minimum atomic E-state index is -1.37. The molecule has 0 spiro atoms. The highest BCUT2D eigenvalue weighted by Crippen LogP contribution is 2.14. The number of ether oxygens (including phenoxy) is 1. The van der Waals surface area contributed by atoms with Gasteiger partial charge in [0.25, 0.3) is 0 Å². The van der Waals surface area contributed by atoms with E-state index in [2.05, 4.69) is 14.4 Å². The molecule has 1 rings (SSSR count). The van der Waals surface area contributed by atoms with Crippen molar-refractivity contribution in [3.63, 3.8) is 0 Å². The van der Waals surface area contributed by atoms with E-state index in [1.165, 1.54) is 0 Å². The van der Waals surface area contributed by atoms with Gasteiger partial charge in [-0.1, -0.05) is 5.16 Å². The summed E-state index contributed by atoms with van der Waals surface area (Å²) in [6, 6.07) is 0. The van der Waals surface area contributed by atoms with Gasteiger partial charge in [0.15, 0.2) is 12.0 Å². The lowest BCUT2D eigenvalue weighted by Crippen LogP contribution is -2.02. The fourth-order valence-corrected chi connectivity index (χ4v) is 0.476. The zero-order valence-corrected chi connectivity index (χ0v) is 5.20. The van der Waals surface area contributed by atoms with Gasteiger partial charge in [-0.05, 0) is 6.92 Å². The van der Waals surface area contributed by atoms with E-state index in [-0.39, 0.29) is 5.75 Å². The molecule has 0 saturated heterocycles. The summed E-state index contributed by atoms with van der Waals surface area (Å²) in [6.45, 7) is 1.59. The Balaban J connectivity index is 2.74. The van der Waals surface area contributed by atoms with Crippen molar-refractivity contribution in [2.24, 2.45) is 0 Å². The maximum absolute atomic E-state index is 9.93. The maximum atomic E-state index is 9.93. The number of rotatable bonds is 1. The Morgan fingerprint density at radius 2 is 2.60 bits per heavy atom. The zero-order chi connectivity index (χ0) is 7.56. The van der Waals surface area contributed by atoms with Gasteiger partial charge in [-0.3, -0.25) is 0 Å². The Hall–Kier alpha value is -1.52. The van der Waals surface area contributed by atoms with Crippen molar-refractivity contribution in [3.8, 4) is 5.75 Å². The molecule has 0 fully saturated rings. The first-order valence-electron chi connectivity index (χ1n) is 2.52. The van der Waals surface area contributed by atoms with Crippen molar-refractivity contribution in [1.82, 2.24) is 5.16 Å². The second-order valence-electron chi connectivity index (χ2n) is 1.63. The molecule has 1 aromatic heterocycles. The van der Waals surface area contributed by atoms with Crippen LogP contribution in [0, 0.1) is 6.92 Å². The van der Waals surface area contributed by atoms with E-state index < -0.39 is 6.16 Å². The summed E-state index contributed by atoms with van der Waals surface area (Å²) in [6.07, 6.45) is -0.241. The van der Waals surface area contributed by atoms with E-state index in [1.54, 1.807) is 6.92 Å². The number of carboxylic acid groups (broad SMARTS) is 1. The lowest BCUT2D eigenvalue weighted by atomic mass is 10.5. The van der Waals surface area contributed by atoms with Gasteiger partial charge < -0.3 is 14.4 Å². The summed E-state index contributed by atoms with van der Waals surface area (Å²) in [4.78, 5) is 9.93. The Morgan fingerprint density at radius 1 is 1.90 bits per heavy atom. The summed E-state index contributed by atoms with van der Waals surface area (Å²) >= 11 is 0. The molecule has 0 unspecified atom stereocenters. The van der Waals surface area contributed by atoms with Crippen LogP contribution in [0.5, 0.6) is 5.75 Å². The number of hydrogen-bond donors (Lipinski definition) is 1. The molecule has 0 aromatic carbocycles. The van der Waals surface area contributed by atoms with Crippen LogP contribution >= 0.6 is 0 Å². The fourth-order valence-electron chi connectivity index (χ4n) is 0.476. The largest absolute Gasteiger partial charge is 0.511 e.